The number of nitrogens with one attached hydrogen (secondary N) is 2. The van der Waals surface area contributed by atoms with Crippen LogP contribution >= 0.6 is 0 Å². The van der Waals surface area contributed by atoms with Crippen LogP contribution in [0.2, 0.25) is 0 Å². The van der Waals surface area contributed by atoms with E-state index in [1.165, 1.54) is 32.1 Å². The van der Waals surface area contributed by atoms with Crippen molar-refractivity contribution in [1.29, 1.82) is 0 Å². The molecular weight excluding hydrogens is 276 g/mol. The molecule has 2 N–H and O–H groups in total. The molecule has 0 unspecified atom stereocenters. The summed E-state index contributed by atoms with van der Waals surface area (Å²) in [7, 11) is 3.45. The summed E-state index contributed by atoms with van der Waals surface area (Å²) in [6.07, 6.45) is 8.37. The van der Waals surface area contributed by atoms with Gasteiger partial charge in [0.05, 0.1) is 7.11 Å². The van der Waals surface area contributed by atoms with Crippen molar-refractivity contribution in [2.45, 2.75) is 45.6 Å². The van der Waals surface area contributed by atoms with Crippen molar-refractivity contribution in [3.05, 3.63) is 23.9 Å². The quantitative estimate of drug-likeness (QED) is 0.627. The van der Waals surface area contributed by atoms with E-state index < -0.39 is 0 Å². The summed E-state index contributed by atoms with van der Waals surface area (Å²) in [6, 6.07) is 3.91. The van der Waals surface area contributed by atoms with Gasteiger partial charge >= 0.3 is 0 Å². The Hall–Kier alpha value is -1.78. The lowest BCUT2D eigenvalue weighted by Gasteiger charge is -2.28. The van der Waals surface area contributed by atoms with E-state index in [-0.39, 0.29) is 0 Å². The second-order valence-corrected chi connectivity index (χ2v) is 6.05. The number of pyridine rings is 1. The molecule has 1 fully saturated rings. The first kappa shape index (κ1) is 16.6. The van der Waals surface area contributed by atoms with E-state index >= 15 is 0 Å². The van der Waals surface area contributed by atoms with Crippen LogP contribution in [0, 0.1) is 5.41 Å². The van der Waals surface area contributed by atoms with Gasteiger partial charge in [-0.25, -0.2) is 4.98 Å². The lowest BCUT2D eigenvalue weighted by Crippen LogP contribution is -2.42. The van der Waals surface area contributed by atoms with Crippen LogP contribution in [0.5, 0.6) is 5.88 Å². The molecule has 2 rings (SSSR count). The number of nitrogens with zero attached hydrogens (tertiary/aromatic N) is 2. The Labute approximate surface area is 133 Å². The smallest absolute Gasteiger partial charge is 0.213 e. The third-order valence-electron chi connectivity index (χ3n) is 4.74. The van der Waals surface area contributed by atoms with Crippen molar-refractivity contribution >= 4 is 5.96 Å². The Morgan fingerprint density at radius 1 is 1.36 bits per heavy atom. The van der Waals surface area contributed by atoms with Gasteiger partial charge in [-0.15, -0.1) is 0 Å². The number of ether oxygens (including phenoxy) is 1. The number of methoxy groups -OCH3 is 1. The van der Waals surface area contributed by atoms with Crippen molar-refractivity contribution in [2.75, 3.05) is 20.7 Å². The Morgan fingerprint density at radius 3 is 2.77 bits per heavy atom. The van der Waals surface area contributed by atoms with Gasteiger partial charge < -0.3 is 15.4 Å². The second kappa shape index (κ2) is 8.01. The molecule has 22 heavy (non-hydrogen) atoms. The number of aliphatic imine (C=N–C) groups is 1. The lowest BCUT2D eigenvalue weighted by atomic mass is 9.83. The maximum Gasteiger partial charge on any atom is 0.213 e. The van der Waals surface area contributed by atoms with Gasteiger partial charge in [-0.3, -0.25) is 4.99 Å². The molecule has 0 bridgehead atoms. The predicted octanol–water partition coefficient (Wildman–Crippen LogP) is 2.73. The minimum Gasteiger partial charge on any atom is -0.481 e. The van der Waals surface area contributed by atoms with E-state index in [2.05, 4.69) is 27.5 Å². The molecule has 0 aromatic carbocycles. The molecular formula is C17H28N4O. The molecule has 0 aliphatic heterocycles. The molecule has 5 nitrogen and oxygen atoms in total. The summed E-state index contributed by atoms with van der Waals surface area (Å²) in [6.45, 7) is 4.01. The average molecular weight is 304 g/mol. The van der Waals surface area contributed by atoms with Crippen molar-refractivity contribution < 1.29 is 4.74 Å². The maximum atomic E-state index is 5.15. The molecule has 0 amide bonds. The zero-order valence-corrected chi connectivity index (χ0v) is 14.0. The number of hydrogen-bond acceptors (Lipinski definition) is 3. The molecule has 0 radical (unpaired) electrons. The standard InChI is InChI=1S/C17H28N4O/c1-4-17(8-5-6-9-17)13-21-16(18-2)20-12-14-7-10-19-15(11-14)22-3/h7,10-11H,4-6,8-9,12-13H2,1-3H3,(H2,18,20,21). The van der Waals surface area contributed by atoms with Gasteiger partial charge in [-0.1, -0.05) is 19.8 Å². The van der Waals surface area contributed by atoms with Crippen molar-refractivity contribution in [2.24, 2.45) is 10.4 Å². The van der Waals surface area contributed by atoms with Gasteiger partial charge in [-0.2, -0.15) is 0 Å². The van der Waals surface area contributed by atoms with E-state index in [1.54, 1.807) is 13.3 Å². The van der Waals surface area contributed by atoms with Crippen LogP contribution < -0.4 is 15.4 Å². The molecule has 1 aliphatic rings. The zero-order chi connectivity index (χ0) is 15.8. The van der Waals surface area contributed by atoms with Crippen molar-refractivity contribution in [3.8, 4) is 5.88 Å². The summed E-state index contributed by atoms with van der Waals surface area (Å²) in [5.74, 6) is 1.49. The van der Waals surface area contributed by atoms with Gasteiger partial charge in [0.2, 0.25) is 5.88 Å². The van der Waals surface area contributed by atoms with E-state index in [4.69, 9.17) is 4.74 Å². The number of rotatable bonds is 6. The molecule has 0 saturated heterocycles. The first-order chi connectivity index (χ1) is 10.7. The van der Waals surface area contributed by atoms with Gasteiger partial charge in [0.25, 0.3) is 0 Å². The first-order valence-electron chi connectivity index (χ1n) is 8.15. The van der Waals surface area contributed by atoms with Gasteiger partial charge in [0, 0.05) is 32.4 Å². The highest BCUT2D eigenvalue weighted by molar-refractivity contribution is 5.79. The lowest BCUT2D eigenvalue weighted by molar-refractivity contribution is 0.283. The van der Waals surface area contributed by atoms with Crippen LogP contribution in [0.1, 0.15) is 44.6 Å². The van der Waals surface area contributed by atoms with E-state index in [0.29, 0.717) is 17.8 Å². The fourth-order valence-electron chi connectivity index (χ4n) is 3.13. The highest BCUT2D eigenvalue weighted by Gasteiger charge is 2.31. The van der Waals surface area contributed by atoms with Crippen LogP contribution in [0.4, 0.5) is 0 Å². The van der Waals surface area contributed by atoms with Crippen LogP contribution in [0.25, 0.3) is 0 Å². The average Bonchev–Trinajstić information content (AvgIpc) is 3.04. The molecule has 0 atom stereocenters. The SMILES string of the molecule is CCC1(CNC(=NC)NCc2ccnc(OC)c2)CCCC1. The summed E-state index contributed by atoms with van der Waals surface area (Å²) in [5.41, 5.74) is 1.58. The van der Waals surface area contributed by atoms with Crippen LogP contribution in [0.15, 0.2) is 23.3 Å². The molecule has 5 heteroatoms. The second-order valence-electron chi connectivity index (χ2n) is 6.05. The normalized spacial score (nSPS) is 17.3. The Bertz CT molecular complexity index is 495. The fourth-order valence-corrected chi connectivity index (χ4v) is 3.13. The molecule has 1 saturated carbocycles. The minimum absolute atomic E-state index is 0.456. The third-order valence-corrected chi connectivity index (χ3v) is 4.74. The molecule has 1 aliphatic carbocycles. The summed E-state index contributed by atoms with van der Waals surface area (Å²) in [5, 5.41) is 6.85. The Morgan fingerprint density at radius 2 is 2.14 bits per heavy atom. The third kappa shape index (κ3) is 4.36. The van der Waals surface area contributed by atoms with E-state index in [0.717, 1.165) is 18.1 Å². The van der Waals surface area contributed by atoms with Crippen molar-refractivity contribution in [3.63, 3.8) is 0 Å². The Kier molecular flexibility index (Phi) is 6.04. The highest BCUT2D eigenvalue weighted by Crippen LogP contribution is 2.40. The maximum absolute atomic E-state index is 5.15. The molecule has 122 valence electrons. The predicted molar refractivity (Wildman–Crippen MR) is 90.2 cm³/mol. The number of guanidine groups is 1. The van der Waals surface area contributed by atoms with Gasteiger partial charge in [0.15, 0.2) is 5.96 Å². The van der Waals surface area contributed by atoms with Gasteiger partial charge in [0.1, 0.15) is 0 Å². The highest BCUT2D eigenvalue weighted by atomic mass is 16.5. The Balaban J connectivity index is 1.84. The summed E-state index contributed by atoms with van der Waals surface area (Å²) < 4.78 is 5.15. The zero-order valence-electron chi connectivity index (χ0n) is 14.0. The van der Waals surface area contributed by atoms with Gasteiger partial charge in [-0.05, 0) is 36.3 Å². The molecule has 0 spiro atoms. The number of aromatic nitrogens is 1. The summed E-state index contributed by atoms with van der Waals surface area (Å²) in [4.78, 5) is 8.44. The molecule has 1 aromatic heterocycles. The monoisotopic (exact) mass is 304 g/mol. The minimum atomic E-state index is 0.456. The molecule has 1 heterocycles. The van der Waals surface area contributed by atoms with E-state index in [1.807, 2.05) is 19.2 Å². The van der Waals surface area contributed by atoms with Crippen LogP contribution in [0.3, 0.4) is 0 Å². The number of hydrogen-bond donors (Lipinski definition) is 2. The van der Waals surface area contributed by atoms with E-state index in [9.17, 15) is 0 Å². The van der Waals surface area contributed by atoms with Crippen molar-refractivity contribution in [1.82, 2.24) is 15.6 Å². The fraction of sp³-hybridized carbons (Fsp3) is 0.647. The topological polar surface area (TPSA) is 58.5 Å². The van der Waals surface area contributed by atoms with Crippen LogP contribution in [-0.2, 0) is 6.54 Å². The largest absolute Gasteiger partial charge is 0.481 e. The summed E-state index contributed by atoms with van der Waals surface area (Å²) >= 11 is 0. The first-order valence-corrected chi connectivity index (χ1v) is 8.15. The van der Waals surface area contributed by atoms with Crippen LogP contribution in [-0.4, -0.2) is 31.6 Å². The molecule has 1 aromatic rings.